The molecule has 0 amide bonds. The van der Waals surface area contributed by atoms with Crippen LogP contribution in [-0.2, 0) is 4.79 Å². The first-order valence-electron chi connectivity index (χ1n) is 3.97. The van der Waals surface area contributed by atoms with Crippen LogP contribution in [0.5, 0.6) is 0 Å². The minimum Gasteiger partial charge on any atom is -0.504 e. The number of aliphatic hydroxyl groups excluding tert-OH is 1. The van der Waals surface area contributed by atoms with Crippen molar-refractivity contribution in [2.24, 2.45) is 11.8 Å². The molecule has 62 valence electrons. The number of hydrogen-bond acceptors (Lipinski definition) is 2. The lowest BCUT2D eigenvalue weighted by Crippen LogP contribution is -2.07. The number of carbonyl (C=O) groups excluding carboxylic acids is 1. The average molecular weight is 154 g/mol. The molecule has 1 unspecified atom stereocenters. The van der Waals surface area contributed by atoms with Crippen molar-refractivity contribution >= 4 is 5.78 Å². The Hall–Kier alpha value is -0.790. The molecule has 2 nitrogen and oxygen atoms in total. The summed E-state index contributed by atoms with van der Waals surface area (Å²) in [6.45, 7) is 5.98. The molecule has 0 saturated carbocycles. The number of allylic oxidation sites excluding steroid dienone is 2. The molecule has 0 bridgehead atoms. The Labute approximate surface area is 66.9 Å². The lowest BCUT2D eigenvalue weighted by atomic mass is 9.90. The Bertz CT molecular complexity index is 214. The van der Waals surface area contributed by atoms with Gasteiger partial charge in [0, 0.05) is 6.42 Å². The Balaban J connectivity index is 2.86. The van der Waals surface area contributed by atoms with Gasteiger partial charge in [0.25, 0.3) is 0 Å². The van der Waals surface area contributed by atoms with Crippen LogP contribution in [-0.4, -0.2) is 10.9 Å². The van der Waals surface area contributed by atoms with E-state index in [-0.39, 0.29) is 17.5 Å². The summed E-state index contributed by atoms with van der Waals surface area (Å²) in [6, 6.07) is 0. The van der Waals surface area contributed by atoms with E-state index in [0.29, 0.717) is 12.3 Å². The topological polar surface area (TPSA) is 37.3 Å². The van der Waals surface area contributed by atoms with Gasteiger partial charge in [-0.2, -0.15) is 0 Å². The summed E-state index contributed by atoms with van der Waals surface area (Å²) in [5, 5.41) is 9.22. The summed E-state index contributed by atoms with van der Waals surface area (Å²) in [5.74, 6) is 0.621. The quantitative estimate of drug-likeness (QED) is 0.627. The molecule has 1 aliphatic rings. The molecule has 1 atom stereocenters. The van der Waals surface area contributed by atoms with Gasteiger partial charge < -0.3 is 5.11 Å². The Morgan fingerprint density at radius 3 is 2.27 bits per heavy atom. The van der Waals surface area contributed by atoms with E-state index in [9.17, 15) is 9.90 Å². The second-order valence-corrected chi connectivity index (χ2v) is 3.51. The number of Topliss-reactive ketones (excluding diaryl/α,β-unsaturated/α-hetero) is 1. The van der Waals surface area contributed by atoms with Gasteiger partial charge in [-0.3, -0.25) is 4.79 Å². The van der Waals surface area contributed by atoms with Crippen molar-refractivity contribution in [2.45, 2.75) is 27.2 Å². The highest BCUT2D eigenvalue weighted by molar-refractivity contribution is 5.96. The van der Waals surface area contributed by atoms with Crippen LogP contribution < -0.4 is 0 Å². The molecule has 1 rings (SSSR count). The van der Waals surface area contributed by atoms with Crippen LogP contribution in [0.4, 0.5) is 0 Å². The van der Waals surface area contributed by atoms with E-state index < -0.39 is 0 Å². The predicted molar refractivity (Wildman–Crippen MR) is 43.3 cm³/mol. The fraction of sp³-hybridized carbons (Fsp3) is 0.667. The van der Waals surface area contributed by atoms with Gasteiger partial charge in [0.2, 0.25) is 0 Å². The molecule has 0 aromatic heterocycles. The van der Waals surface area contributed by atoms with Crippen LogP contribution in [0.3, 0.4) is 0 Å². The highest BCUT2D eigenvalue weighted by atomic mass is 16.3. The maximum Gasteiger partial charge on any atom is 0.197 e. The molecule has 0 saturated heterocycles. The largest absolute Gasteiger partial charge is 0.504 e. The van der Waals surface area contributed by atoms with E-state index in [1.54, 1.807) is 0 Å². The van der Waals surface area contributed by atoms with Crippen molar-refractivity contribution in [2.75, 3.05) is 0 Å². The molecule has 0 aromatic rings. The van der Waals surface area contributed by atoms with Crippen molar-refractivity contribution in [1.29, 1.82) is 0 Å². The third-order valence-corrected chi connectivity index (χ3v) is 2.40. The standard InChI is InChI=1S/C9H14O2/c1-5(2)7-4-8(10)9(11)6(7)3/h5,7,11H,4H2,1-3H3. The van der Waals surface area contributed by atoms with Crippen LogP contribution in [0.15, 0.2) is 11.3 Å². The highest BCUT2D eigenvalue weighted by Gasteiger charge is 2.30. The normalized spacial score (nSPS) is 25.5. The van der Waals surface area contributed by atoms with Crippen LogP contribution in [0.2, 0.25) is 0 Å². The molecular weight excluding hydrogens is 140 g/mol. The zero-order chi connectivity index (χ0) is 8.59. The van der Waals surface area contributed by atoms with Crippen LogP contribution >= 0.6 is 0 Å². The summed E-state index contributed by atoms with van der Waals surface area (Å²) in [5.41, 5.74) is 0.866. The monoisotopic (exact) mass is 154 g/mol. The van der Waals surface area contributed by atoms with Gasteiger partial charge in [-0.1, -0.05) is 13.8 Å². The average Bonchev–Trinajstić information content (AvgIpc) is 2.17. The lowest BCUT2D eigenvalue weighted by molar-refractivity contribution is -0.117. The maximum atomic E-state index is 11.0. The van der Waals surface area contributed by atoms with Crippen molar-refractivity contribution < 1.29 is 9.90 Å². The van der Waals surface area contributed by atoms with E-state index in [2.05, 4.69) is 13.8 Å². The minimum atomic E-state index is -0.0961. The van der Waals surface area contributed by atoms with Crippen LogP contribution in [0.25, 0.3) is 0 Å². The zero-order valence-corrected chi connectivity index (χ0v) is 7.22. The first kappa shape index (κ1) is 8.31. The number of hydrogen-bond donors (Lipinski definition) is 1. The van der Waals surface area contributed by atoms with Crippen molar-refractivity contribution in [1.82, 2.24) is 0 Å². The SMILES string of the molecule is CC1=C(O)C(=O)CC1C(C)C. The van der Waals surface area contributed by atoms with Crippen molar-refractivity contribution in [3.8, 4) is 0 Å². The Morgan fingerprint density at radius 2 is 2.09 bits per heavy atom. The summed E-state index contributed by atoms with van der Waals surface area (Å²) >= 11 is 0. The Kier molecular flexibility index (Phi) is 2.03. The first-order valence-corrected chi connectivity index (χ1v) is 3.97. The second-order valence-electron chi connectivity index (χ2n) is 3.51. The van der Waals surface area contributed by atoms with E-state index in [0.717, 1.165) is 5.57 Å². The van der Waals surface area contributed by atoms with E-state index in [1.807, 2.05) is 6.92 Å². The molecule has 1 N–H and O–H groups in total. The van der Waals surface area contributed by atoms with E-state index in [4.69, 9.17) is 0 Å². The van der Waals surface area contributed by atoms with Gasteiger partial charge in [-0.25, -0.2) is 0 Å². The van der Waals surface area contributed by atoms with Gasteiger partial charge in [0.05, 0.1) is 0 Å². The summed E-state index contributed by atoms with van der Waals surface area (Å²) in [6.07, 6.45) is 0.495. The highest BCUT2D eigenvalue weighted by Crippen LogP contribution is 2.32. The van der Waals surface area contributed by atoms with Gasteiger partial charge >= 0.3 is 0 Å². The van der Waals surface area contributed by atoms with Crippen molar-refractivity contribution in [3.05, 3.63) is 11.3 Å². The van der Waals surface area contributed by atoms with E-state index >= 15 is 0 Å². The number of ketones is 1. The smallest absolute Gasteiger partial charge is 0.197 e. The van der Waals surface area contributed by atoms with Gasteiger partial charge in [0.15, 0.2) is 11.5 Å². The number of rotatable bonds is 1. The van der Waals surface area contributed by atoms with Gasteiger partial charge in [-0.05, 0) is 24.3 Å². The third kappa shape index (κ3) is 1.30. The fourth-order valence-electron chi connectivity index (χ4n) is 1.58. The molecule has 0 heterocycles. The molecule has 0 fully saturated rings. The van der Waals surface area contributed by atoms with Gasteiger partial charge in [-0.15, -0.1) is 0 Å². The van der Waals surface area contributed by atoms with E-state index in [1.165, 1.54) is 0 Å². The fourth-order valence-corrected chi connectivity index (χ4v) is 1.58. The maximum absolute atomic E-state index is 11.0. The first-order chi connectivity index (χ1) is 5.04. The van der Waals surface area contributed by atoms with Crippen molar-refractivity contribution in [3.63, 3.8) is 0 Å². The molecule has 0 aliphatic heterocycles. The summed E-state index contributed by atoms with van der Waals surface area (Å²) in [7, 11) is 0. The summed E-state index contributed by atoms with van der Waals surface area (Å²) < 4.78 is 0. The summed E-state index contributed by atoms with van der Waals surface area (Å²) in [4.78, 5) is 11.0. The van der Waals surface area contributed by atoms with Crippen LogP contribution in [0, 0.1) is 11.8 Å². The second kappa shape index (κ2) is 2.68. The van der Waals surface area contributed by atoms with Gasteiger partial charge in [0.1, 0.15) is 0 Å². The lowest BCUT2D eigenvalue weighted by Gasteiger charge is -2.13. The van der Waals surface area contributed by atoms with Crippen LogP contribution in [0.1, 0.15) is 27.2 Å². The minimum absolute atomic E-state index is 0.00343. The zero-order valence-electron chi connectivity index (χ0n) is 7.22. The molecular formula is C9H14O2. The third-order valence-electron chi connectivity index (χ3n) is 2.40. The predicted octanol–water partition coefficient (Wildman–Crippen LogP) is 2.06. The number of carbonyl (C=O) groups is 1. The molecule has 2 heteroatoms. The molecule has 1 aliphatic carbocycles. The molecule has 11 heavy (non-hydrogen) atoms. The molecule has 0 aromatic carbocycles. The molecule has 0 radical (unpaired) electrons. The Morgan fingerprint density at radius 1 is 1.55 bits per heavy atom. The number of aliphatic hydroxyl groups is 1. The molecule has 0 spiro atoms.